The highest BCUT2D eigenvalue weighted by Crippen LogP contribution is 2.28. The molecule has 12 heavy (non-hydrogen) atoms. The largest absolute Gasteiger partial charge is 0.460 e. The first-order valence-corrected chi connectivity index (χ1v) is 10.0. The Labute approximate surface area is 80.0 Å². The molecule has 1 rings (SSSR count). The average Bonchev–Trinajstić information content (AvgIpc) is 2.02. The van der Waals surface area contributed by atoms with Crippen LogP contribution in [0.1, 0.15) is 32.1 Å². The minimum Gasteiger partial charge on any atom is -0.460 e. The van der Waals surface area contributed by atoms with Crippen LogP contribution < -0.4 is 0 Å². The van der Waals surface area contributed by atoms with Crippen molar-refractivity contribution in [2.24, 2.45) is 0 Å². The van der Waals surface area contributed by atoms with Gasteiger partial charge in [0.05, 0.1) is 0 Å². The lowest BCUT2D eigenvalue weighted by Gasteiger charge is -2.25. The van der Waals surface area contributed by atoms with Crippen LogP contribution in [0.15, 0.2) is 0 Å². The summed E-state index contributed by atoms with van der Waals surface area (Å²) in [6, 6.07) is 0. The third-order valence-electron chi connectivity index (χ3n) is 2.48. The SMILES string of the molecule is C[Si](C)(C)O[SiH2]C1CCCCC1. The maximum absolute atomic E-state index is 6.05. The average molecular weight is 202 g/mol. The van der Waals surface area contributed by atoms with Gasteiger partial charge in [-0.3, -0.25) is 0 Å². The number of hydrogen-bond donors (Lipinski definition) is 0. The molecular formula is C9H22OSi2. The third kappa shape index (κ3) is 4.43. The fraction of sp³-hybridized carbons (Fsp3) is 1.00. The molecule has 1 aliphatic rings. The van der Waals surface area contributed by atoms with Crippen molar-refractivity contribution < 1.29 is 4.12 Å². The van der Waals surface area contributed by atoms with Gasteiger partial charge < -0.3 is 4.12 Å². The Morgan fingerprint density at radius 2 is 1.67 bits per heavy atom. The maximum Gasteiger partial charge on any atom is 0.169 e. The highest BCUT2D eigenvalue weighted by Gasteiger charge is 2.19. The first-order chi connectivity index (χ1) is 5.58. The van der Waals surface area contributed by atoms with Crippen LogP contribution >= 0.6 is 0 Å². The first-order valence-electron chi connectivity index (χ1n) is 5.22. The molecule has 1 nitrogen and oxygen atoms in total. The van der Waals surface area contributed by atoms with Gasteiger partial charge in [-0.15, -0.1) is 0 Å². The number of rotatable bonds is 3. The summed E-state index contributed by atoms with van der Waals surface area (Å²) in [6.07, 6.45) is 7.34. The zero-order chi connectivity index (χ0) is 9.03. The van der Waals surface area contributed by atoms with Crippen molar-refractivity contribution in [3.05, 3.63) is 0 Å². The van der Waals surface area contributed by atoms with Gasteiger partial charge >= 0.3 is 0 Å². The molecule has 0 aromatic carbocycles. The summed E-state index contributed by atoms with van der Waals surface area (Å²) in [4.78, 5) is 0. The van der Waals surface area contributed by atoms with Crippen LogP contribution in [-0.2, 0) is 4.12 Å². The zero-order valence-corrected chi connectivity index (χ0v) is 11.1. The molecule has 0 bridgehead atoms. The van der Waals surface area contributed by atoms with E-state index in [9.17, 15) is 0 Å². The van der Waals surface area contributed by atoms with Gasteiger partial charge in [-0.05, 0) is 25.2 Å². The summed E-state index contributed by atoms with van der Waals surface area (Å²) in [7, 11) is -1.36. The predicted octanol–water partition coefficient (Wildman–Crippen LogP) is 2.67. The van der Waals surface area contributed by atoms with Crippen molar-refractivity contribution in [2.75, 3.05) is 0 Å². The molecule has 0 unspecified atom stereocenters. The molecule has 1 saturated carbocycles. The van der Waals surface area contributed by atoms with Crippen molar-refractivity contribution in [3.8, 4) is 0 Å². The van der Waals surface area contributed by atoms with Crippen LogP contribution in [-0.4, -0.2) is 18.1 Å². The lowest BCUT2D eigenvalue weighted by molar-refractivity contribution is 0.467. The molecule has 72 valence electrons. The second kappa shape index (κ2) is 4.58. The monoisotopic (exact) mass is 202 g/mol. The molecule has 0 aromatic heterocycles. The van der Waals surface area contributed by atoms with Gasteiger partial charge in [0.2, 0.25) is 0 Å². The van der Waals surface area contributed by atoms with E-state index in [4.69, 9.17) is 4.12 Å². The van der Waals surface area contributed by atoms with Crippen LogP contribution in [0, 0.1) is 0 Å². The molecule has 3 heteroatoms. The van der Waals surface area contributed by atoms with Gasteiger partial charge in [-0.1, -0.05) is 32.1 Å². The zero-order valence-electron chi connectivity index (χ0n) is 8.73. The Morgan fingerprint density at radius 1 is 1.08 bits per heavy atom. The van der Waals surface area contributed by atoms with Gasteiger partial charge in [0.1, 0.15) is 9.76 Å². The molecule has 0 heterocycles. The first kappa shape index (κ1) is 10.5. The van der Waals surface area contributed by atoms with Crippen molar-refractivity contribution >= 4 is 18.1 Å². The van der Waals surface area contributed by atoms with Crippen LogP contribution in [0.25, 0.3) is 0 Å². The number of hydrogen-bond acceptors (Lipinski definition) is 1. The summed E-state index contributed by atoms with van der Waals surface area (Å²) >= 11 is 0. The summed E-state index contributed by atoms with van der Waals surface area (Å²) in [6.45, 7) is 6.93. The lowest BCUT2D eigenvalue weighted by Crippen LogP contribution is -2.29. The smallest absolute Gasteiger partial charge is 0.169 e. The molecular weight excluding hydrogens is 180 g/mol. The molecule has 0 saturated heterocycles. The quantitative estimate of drug-likeness (QED) is 0.640. The summed E-state index contributed by atoms with van der Waals surface area (Å²) < 4.78 is 6.05. The van der Waals surface area contributed by atoms with Gasteiger partial charge in [0.25, 0.3) is 0 Å². The topological polar surface area (TPSA) is 9.23 Å². The fourth-order valence-corrected chi connectivity index (χ4v) is 5.58. The van der Waals surface area contributed by atoms with Crippen molar-refractivity contribution in [1.29, 1.82) is 0 Å². The normalized spacial score (nSPS) is 22.2. The molecule has 0 aliphatic heterocycles. The van der Waals surface area contributed by atoms with E-state index in [1.165, 1.54) is 32.1 Å². The Hall–Kier alpha value is 0.394. The highest BCUT2D eigenvalue weighted by atomic mass is 28.4. The van der Waals surface area contributed by atoms with E-state index in [0.717, 1.165) is 5.54 Å². The maximum atomic E-state index is 6.05. The van der Waals surface area contributed by atoms with E-state index >= 15 is 0 Å². The van der Waals surface area contributed by atoms with Crippen LogP contribution in [0.4, 0.5) is 0 Å². The molecule has 0 amide bonds. The summed E-state index contributed by atoms with van der Waals surface area (Å²) in [5.74, 6) is 0. The Morgan fingerprint density at radius 3 is 2.17 bits per heavy atom. The minimum absolute atomic E-state index is 0.177. The van der Waals surface area contributed by atoms with Crippen LogP contribution in [0.2, 0.25) is 25.2 Å². The molecule has 0 atom stereocenters. The van der Waals surface area contributed by atoms with Gasteiger partial charge in [-0.2, -0.15) is 0 Å². The van der Waals surface area contributed by atoms with Crippen LogP contribution in [0.3, 0.4) is 0 Å². The van der Waals surface area contributed by atoms with E-state index in [1.54, 1.807) is 0 Å². The minimum atomic E-state index is -1.18. The molecule has 0 radical (unpaired) electrons. The van der Waals surface area contributed by atoms with Crippen molar-refractivity contribution in [2.45, 2.75) is 57.3 Å². The molecule has 0 aromatic rings. The van der Waals surface area contributed by atoms with Crippen molar-refractivity contribution in [1.82, 2.24) is 0 Å². The fourth-order valence-electron chi connectivity index (χ4n) is 1.72. The van der Waals surface area contributed by atoms with Crippen LogP contribution in [0.5, 0.6) is 0 Å². The highest BCUT2D eigenvalue weighted by molar-refractivity contribution is 6.74. The lowest BCUT2D eigenvalue weighted by atomic mass is 10.0. The van der Waals surface area contributed by atoms with E-state index in [2.05, 4.69) is 19.6 Å². The van der Waals surface area contributed by atoms with E-state index < -0.39 is 8.32 Å². The van der Waals surface area contributed by atoms with Gasteiger partial charge in [-0.25, -0.2) is 0 Å². The summed E-state index contributed by atoms with van der Waals surface area (Å²) in [5, 5.41) is 0. The Kier molecular flexibility index (Phi) is 4.00. The van der Waals surface area contributed by atoms with Crippen molar-refractivity contribution in [3.63, 3.8) is 0 Å². The van der Waals surface area contributed by atoms with Gasteiger partial charge in [0.15, 0.2) is 8.32 Å². The molecule has 0 N–H and O–H groups in total. The van der Waals surface area contributed by atoms with E-state index in [1.807, 2.05) is 0 Å². The molecule has 0 spiro atoms. The second-order valence-electron chi connectivity index (χ2n) is 4.93. The predicted molar refractivity (Wildman–Crippen MR) is 59.8 cm³/mol. The Bertz CT molecular complexity index is 125. The standard InChI is InChI=1S/C9H22OSi2/c1-12(2,3)10-11-9-7-5-4-6-8-9/h9H,4-8,11H2,1-3H3. The molecule has 1 fully saturated rings. The second-order valence-corrected chi connectivity index (χ2v) is 11.8. The van der Waals surface area contributed by atoms with E-state index in [0.29, 0.717) is 0 Å². The third-order valence-corrected chi connectivity index (χ3v) is 7.90. The van der Waals surface area contributed by atoms with E-state index in [-0.39, 0.29) is 9.76 Å². The Balaban J connectivity index is 2.13. The van der Waals surface area contributed by atoms with Gasteiger partial charge in [0, 0.05) is 0 Å². The summed E-state index contributed by atoms with van der Waals surface area (Å²) in [5.41, 5.74) is 1.02. The molecule has 1 aliphatic carbocycles.